The van der Waals surface area contributed by atoms with Crippen LogP contribution < -0.4 is 4.90 Å². The molecule has 0 unspecified atom stereocenters. The molecule has 0 fully saturated rings. The SMILES string of the molecule is Cc1ccc(N(c2ccccc2-c2ccccc2)c2ccccc2-c2ccccc2)cc1. The standard InChI is InChI=1S/C31H25N/c1-24-20-22-27(23-21-24)32(30-18-10-8-16-28(30)25-12-4-2-5-13-25)31-19-11-9-17-29(31)26-14-6-3-7-15-26/h2-23H,1H3. The minimum Gasteiger partial charge on any atom is -0.309 e. The van der Waals surface area contributed by atoms with Crippen molar-refractivity contribution in [1.29, 1.82) is 0 Å². The van der Waals surface area contributed by atoms with E-state index in [1.165, 1.54) is 27.8 Å². The van der Waals surface area contributed by atoms with Crippen LogP contribution in [0.2, 0.25) is 0 Å². The molecule has 1 heteroatoms. The lowest BCUT2D eigenvalue weighted by molar-refractivity contribution is 1.27. The van der Waals surface area contributed by atoms with Crippen molar-refractivity contribution in [2.45, 2.75) is 6.92 Å². The molecule has 1 nitrogen and oxygen atoms in total. The molecule has 0 amide bonds. The number of rotatable bonds is 5. The van der Waals surface area contributed by atoms with E-state index in [9.17, 15) is 0 Å². The summed E-state index contributed by atoms with van der Waals surface area (Å²) in [5, 5.41) is 0. The molecule has 0 aliphatic heterocycles. The van der Waals surface area contributed by atoms with Crippen molar-refractivity contribution in [2.75, 3.05) is 4.90 Å². The van der Waals surface area contributed by atoms with Crippen molar-refractivity contribution in [3.63, 3.8) is 0 Å². The quantitative estimate of drug-likeness (QED) is 0.279. The van der Waals surface area contributed by atoms with Crippen LogP contribution in [0.5, 0.6) is 0 Å². The van der Waals surface area contributed by atoms with Crippen LogP contribution in [-0.2, 0) is 0 Å². The van der Waals surface area contributed by atoms with Crippen LogP contribution in [0, 0.1) is 6.92 Å². The van der Waals surface area contributed by atoms with Crippen LogP contribution >= 0.6 is 0 Å². The predicted molar refractivity (Wildman–Crippen MR) is 137 cm³/mol. The molecule has 5 aromatic rings. The van der Waals surface area contributed by atoms with E-state index in [0.717, 1.165) is 17.1 Å². The number of hydrogen-bond donors (Lipinski definition) is 0. The Bertz CT molecular complexity index is 1220. The van der Waals surface area contributed by atoms with Crippen LogP contribution in [0.4, 0.5) is 17.1 Å². The van der Waals surface area contributed by atoms with Crippen molar-refractivity contribution >= 4 is 17.1 Å². The number of nitrogens with zero attached hydrogens (tertiary/aromatic N) is 1. The molecule has 0 spiro atoms. The number of anilines is 3. The molecule has 0 aliphatic rings. The normalized spacial score (nSPS) is 10.7. The molecule has 0 heterocycles. The molecular formula is C31H25N. The first-order valence-electron chi connectivity index (χ1n) is 11.0. The predicted octanol–water partition coefficient (Wildman–Crippen LogP) is 8.80. The summed E-state index contributed by atoms with van der Waals surface area (Å²) < 4.78 is 0. The summed E-state index contributed by atoms with van der Waals surface area (Å²) in [5.41, 5.74) is 9.53. The molecule has 5 aromatic carbocycles. The van der Waals surface area contributed by atoms with Crippen molar-refractivity contribution in [3.05, 3.63) is 139 Å². The van der Waals surface area contributed by atoms with Crippen LogP contribution in [0.1, 0.15) is 5.56 Å². The molecule has 0 saturated carbocycles. The molecule has 32 heavy (non-hydrogen) atoms. The second kappa shape index (κ2) is 8.95. The summed E-state index contributed by atoms with van der Waals surface area (Å²) in [7, 11) is 0. The highest BCUT2D eigenvalue weighted by Crippen LogP contribution is 2.44. The lowest BCUT2D eigenvalue weighted by atomic mass is 9.99. The molecular weight excluding hydrogens is 386 g/mol. The zero-order chi connectivity index (χ0) is 21.8. The third-order valence-corrected chi connectivity index (χ3v) is 5.75. The van der Waals surface area contributed by atoms with E-state index in [1.807, 2.05) is 0 Å². The highest BCUT2D eigenvalue weighted by Gasteiger charge is 2.19. The fourth-order valence-electron chi connectivity index (χ4n) is 4.16. The number of benzene rings is 5. The first kappa shape index (κ1) is 19.8. The Morgan fingerprint density at radius 1 is 0.406 bits per heavy atom. The van der Waals surface area contributed by atoms with Gasteiger partial charge in [-0.2, -0.15) is 0 Å². The van der Waals surface area contributed by atoms with Gasteiger partial charge in [-0.1, -0.05) is 115 Å². The van der Waals surface area contributed by atoms with Crippen LogP contribution in [-0.4, -0.2) is 0 Å². The minimum absolute atomic E-state index is 1.14. The largest absolute Gasteiger partial charge is 0.309 e. The topological polar surface area (TPSA) is 3.24 Å². The monoisotopic (exact) mass is 411 g/mol. The molecule has 0 aromatic heterocycles. The average Bonchev–Trinajstić information content (AvgIpc) is 2.87. The van der Waals surface area contributed by atoms with Gasteiger partial charge in [-0.05, 0) is 42.3 Å². The summed E-state index contributed by atoms with van der Waals surface area (Å²) in [4.78, 5) is 2.38. The maximum atomic E-state index is 2.38. The fourth-order valence-corrected chi connectivity index (χ4v) is 4.16. The Kier molecular flexibility index (Phi) is 5.55. The molecule has 5 rings (SSSR count). The van der Waals surface area contributed by atoms with Gasteiger partial charge >= 0.3 is 0 Å². The third-order valence-electron chi connectivity index (χ3n) is 5.75. The number of para-hydroxylation sites is 2. The lowest BCUT2D eigenvalue weighted by Crippen LogP contribution is -2.12. The first-order valence-corrected chi connectivity index (χ1v) is 11.0. The van der Waals surface area contributed by atoms with Crippen LogP contribution in [0.25, 0.3) is 22.3 Å². The van der Waals surface area contributed by atoms with Crippen molar-refractivity contribution in [2.24, 2.45) is 0 Å². The molecule has 0 aliphatic carbocycles. The lowest BCUT2D eigenvalue weighted by Gasteiger charge is -2.30. The Balaban J connectivity index is 1.77. The molecule has 0 N–H and O–H groups in total. The maximum absolute atomic E-state index is 2.38. The fraction of sp³-hybridized carbons (Fsp3) is 0.0323. The van der Waals surface area contributed by atoms with E-state index in [0.29, 0.717) is 0 Å². The van der Waals surface area contributed by atoms with Gasteiger partial charge in [-0.15, -0.1) is 0 Å². The molecule has 0 radical (unpaired) electrons. The summed E-state index contributed by atoms with van der Waals surface area (Å²) >= 11 is 0. The Morgan fingerprint density at radius 3 is 1.28 bits per heavy atom. The van der Waals surface area contributed by atoms with Crippen LogP contribution in [0.3, 0.4) is 0 Å². The third kappa shape index (κ3) is 3.93. The Hall–Kier alpha value is -4.10. The van der Waals surface area contributed by atoms with Gasteiger partial charge < -0.3 is 4.90 Å². The average molecular weight is 412 g/mol. The number of hydrogen-bond acceptors (Lipinski definition) is 1. The van der Waals surface area contributed by atoms with Gasteiger partial charge in [0.2, 0.25) is 0 Å². The van der Waals surface area contributed by atoms with Gasteiger partial charge in [-0.25, -0.2) is 0 Å². The summed E-state index contributed by atoms with van der Waals surface area (Å²) in [6.07, 6.45) is 0. The molecule has 0 bridgehead atoms. The summed E-state index contributed by atoms with van der Waals surface area (Å²) in [6, 6.07) is 47.3. The minimum atomic E-state index is 1.14. The summed E-state index contributed by atoms with van der Waals surface area (Å²) in [6.45, 7) is 2.13. The van der Waals surface area contributed by atoms with Crippen LogP contribution in [0.15, 0.2) is 133 Å². The summed E-state index contributed by atoms with van der Waals surface area (Å²) in [5.74, 6) is 0. The van der Waals surface area contributed by atoms with Gasteiger partial charge in [-0.3, -0.25) is 0 Å². The zero-order valence-electron chi connectivity index (χ0n) is 18.1. The van der Waals surface area contributed by atoms with E-state index in [4.69, 9.17) is 0 Å². The second-order valence-electron chi connectivity index (χ2n) is 7.94. The van der Waals surface area contributed by atoms with Crippen molar-refractivity contribution < 1.29 is 0 Å². The highest BCUT2D eigenvalue weighted by atomic mass is 15.1. The smallest absolute Gasteiger partial charge is 0.0540 e. The maximum Gasteiger partial charge on any atom is 0.0540 e. The molecule has 154 valence electrons. The van der Waals surface area contributed by atoms with E-state index in [2.05, 4.69) is 145 Å². The highest BCUT2D eigenvalue weighted by molar-refractivity contribution is 5.93. The van der Waals surface area contributed by atoms with Gasteiger partial charge in [0.1, 0.15) is 0 Å². The van der Waals surface area contributed by atoms with Gasteiger partial charge in [0.25, 0.3) is 0 Å². The van der Waals surface area contributed by atoms with E-state index in [1.54, 1.807) is 0 Å². The Labute approximate surface area is 190 Å². The second-order valence-corrected chi connectivity index (χ2v) is 7.94. The Morgan fingerprint density at radius 2 is 0.812 bits per heavy atom. The first-order chi connectivity index (χ1) is 15.8. The molecule has 0 atom stereocenters. The van der Waals surface area contributed by atoms with E-state index >= 15 is 0 Å². The van der Waals surface area contributed by atoms with Gasteiger partial charge in [0, 0.05) is 16.8 Å². The molecule has 0 saturated heterocycles. The van der Waals surface area contributed by atoms with E-state index in [-0.39, 0.29) is 0 Å². The van der Waals surface area contributed by atoms with Crippen molar-refractivity contribution in [3.8, 4) is 22.3 Å². The zero-order valence-corrected chi connectivity index (χ0v) is 18.1. The number of aryl methyl sites for hydroxylation is 1. The van der Waals surface area contributed by atoms with Crippen molar-refractivity contribution in [1.82, 2.24) is 0 Å². The van der Waals surface area contributed by atoms with Gasteiger partial charge in [0.15, 0.2) is 0 Å². The van der Waals surface area contributed by atoms with E-state index < -0.39 is 0 Å². The van der Waals surface area contributed by atoms with Gasteiger partial charge in [0.05, 0.1) is 11.4 Å².